The van der Waals surface area contributed by atoms with Crippen LogP contribution in [0.2, 0.25) is 0 Å². The Labute approximate surface area is 251 Å². The van der Waals surface area contributed by atoms with Gasteiger partial charge < -0.3 is 14.8 Å². The maximum atomic E-state index is 13.7. The molecule has 1 aliphatic rings. The van der Waals surface area contributed by atoms with Crippen molar-refractivity contribution in [3.8, 4) is 23.1 Å². The third kappa shape index (κ3) is 7.46. The number of rotatable bonds is 7. The number of anilines is 2. The van der Waals surface area contributed by atoms with Gasteiger partial charge in [0.15, 0.2) is 0 Å². The first kappa shape index (κ1) is 31.4. The Kier molecular flexibility index (Phi) is 9.26. The summed E-state index contributed by atoms with van der Waals surface area (Å²) in [6.07, 6.45) is -0.320. The second-order valence-corrected chi connectivity index (χ2v) is 13.1. The fourth-order valence-electron chi connectivity index (χ4n) is 4.50. The van der Waals surface area contributed by atoms with E-state index in [2.05, 4.69) is 19.8 Å². The molecule has 0 spiro atoms. The molecule has 0 unspecified atom stereocenters. The van der Waals surface area contributed by atoms with Crippen molar-refractivity contribution in [2.24, 2.45) is 0 Å². The Morgan fingerprint density at radius 3 is 2.21 bits per heavy atom. The van der Waals surface area contributed by atoms with Gasteiger partial charge in [-0.15, -0.1) is 0 Å². The lowest BCUT2D eigenvalue weighted by Gasteiger charge is -2.23. The smallest absolute Gasteiger partial charge is 0.355 e. The normalized spacial score (nSPS) is 14.6. The first-order valence-corrected chi connectivity index (χ1v) is 15.0. The molecule has 0 saturated heterocycles. The lowest BCUT2D eigenvalue weighted by Crippen LogP contribution is -2.27. The fraction of sp³-hybridized carbons (Fsp3) is 0.296. The Morgan fingerprint density at radius 2 is 1.62 bits per heavy atom. The summed E-state index contributed by atoms with van der Waals surface area (Å²) in [6.45, 7) is 0. The van der Waals surface area contributed by atoms with Crippen molar-refractivity contribution in [1.29, 1.82) is 5.26 Å². The molecule has 0 radical (unpaired) electrons. The SMILES string of the molecule is N#Cc1c(-c2ccc(NC(=O)Nc3cccc(C(F)(F)F)c3)cc2)cc(C2CCCCC2)nc1OS(=O)(=O)C(F)(F)I. The van der Waals surface area contributed by atoms with Crippen LogP contribution in [0.3, 0.4) is 0 Å². The van der Waals surface area contributed by atoms with Gasteiger partial charge in [-0.25, -0.2) is 9.78 Å². The van der Waals surface area contributed by atoms with Crippen molar-refractivity contribution in [2.75, 3.05) is 10.6 Å². The van der Waals surface area contributed by atoms with Crippen LogP contribution in [-0.2, 0) is 16.3 Å². The standard InChI is InChI=1S/C27H22F5IN4O4S/c28-26(29,30)18-7-4-8-20(13-18)36-25(38)35-19-11-9-16(10-12-19)21-14-23(17-5-2-1-3-6-17)37-24(22(21)15-34)41-42(39,40)27(31,32)33/h4,7-14,17H,1-3,5-6H2,(H2,35,36,38). The Bertz CT molecular complexity index is 1620. The first-order chi connectivity index (χ1) is 19.7. The van der Waals surface area contributed by atoms with Crippen molar-refractivity contribution in [3.05, 3.63) is 71.4 Å². The number of pyridine rings is 1. The van der Waals surface area contributed by atoms with E-state index in [4.69, 9.17) is 0 Å². The van der Waals surface area contributed by atoms with Gasteiger partial charge in [0.2, 0.25) is 0 Å². The highest BCUT2D eigenvalue weighted by Gasteiger charge is 2.45. The van der Waals surface area contributed by atoms with Crippen LogP contribution < -0.4 is 14.8 Å². The number of amides is 2. The first-order valence-electron chi connectivity index (χ1n) is 12.5. The van der Waals surface area contributed by atoms with E-state index in [0.29, 0.717) is 33.8 Å². The molecule has 1 saturated carbocycles. The predicted molar refractivity (Wildman–Crippen MR) is 153 cm³/mol. The number of nitrogens with one attached hydrogen (secondary N) is 2. The van der Waals surface area contributed by atoms with Crippen molar-refractivity contribution < 1.29 is 39.3 Å². The Morgan fingerprint density at radius 1 is 0.976 bits per heavy atom. The second-order valence-electron chi connectivity index (χ2n) is 9.44. The van der Waals surface area contributed by atoms with Gasteiger partial charge in [0.05, 0.1) is 5.56 Å². The van der Waals surface area contributed by atoms with Crippen LogP contribution in [0.25, 0.3) is 11.1 Å². The molecule has 0 bridgehead atoms. The quantitative estimate of drug-likeness (QED) is 0.110. The van der Waals surface area contributed by atoms with Crippen LogP contribution in [0.4, 0.5) is 38.1 Å². The summed E-state index contributed by atoms with van der Waals surface area (Å²) in [4.78, 5) is 16.6. The molecular formula is C27H22F5IN4O4S. The molecule has 1 fully saturated rings. The van der Waals surface area contributed by atoms with Crippen LogP contribution in [0.1, 0.15) is 54.8 Å². The molecule has 42 heavy (non-hydrogen) atoms. The van der Waals surface area contributed by atoms with Gasteiger partial charge in [-0.3, -0.25) is 0 Å². The van der Waals surface area contributed by atoms with Crippen LogP contribution in [-0.4, -0.2) is 22.7 Å². The molecular weight excluding hydrogens is 698 g/mol. The summed E-state index contributed by atoms with van der Waals surface area (Å²) in [5, 5.41) is 14.7. The Balaban J connectivity index is 1.63. The average molecular weight is 720 g/mol. The third-order valence-electron chi connectivity index (χ3n) is 6.51. The number of benzene rings is 2. The number of halogens is 6. The van der Waals surface area contributed by atoms with E-state index in [1.165, 1.54) is 30.3 Å². The largest absolute Gasteiger partial charge is 0.428 e. The molecule has 2 aromatic carbocycles. The minimum Gasteiger partial charge on any atom is -0.355 e. The average Bonchev–Trinajstić information content (AvgIpc) is 2.92. The van der Waals surface area contributed by atoms with Crippen molar-refractivity contribution in [3.63, 3.8) is 0 Å². The van der Waals surface area contributed by atoms with Gasteiger partial charge in [-0.05, 0) is 54.8 Å². The minimum absolute atomic E-state index is 0.0794. The molecule has 15 heteroatoms. The molecule has 0 atom stereocenters. The van der Waals surface area contributed by atoms with Crippen molar-refractivity contribution in [1.82, 2.24) is 4.98 Å². The minimum atomic E-state index is -5.46. The number of nitriles is 1. The monoisotopic (exact) mass is 720 g/mol. The summed E-state index contributed by atoms with van der Waals surface area (Å²) in [5.74, 6) is -0.856. The topological polar surface area (TPSA) is 121 Å². The van der Waals surface area contributed by atoms with Gasteiger partial charge in [0, 0.05) is 51.1 Å². The Hall–Kier alpha value is -3.52. The zero-order chi connectivity index (χ0) is 30.7. The van der Waals surface area contributed by atoms with Gasteiger partial charge in [-0.2, -0.15) is 35.6 Å². The molecule has 1 heterocycles. The summed E-state index contributed by atoms with van der Waals surface area (Å²) in [5.41, 5.74) is -0.180. The summed E-state index contributed by atoms with van der Waals surface area (Å²) in [6, 6.07) is 12.6. The van der Waals surface area contributed by atoms with Crippen molar-refractivity contribution >= 4 is 50.1 Å². The van der Waals surface area contributed by atoms with E-state index >= 15 is 0 Å². The predicted octanol–water partition coefficient (Wildman–Crippen LogP) is 8.02. The number of carbonyl (C=O) groups excluding carboxylic acids is 1. The number of carbonyl (C=O) groups is 1. The molecule has 0 aliphatic heterocycles. The van der Waals surface area contributed by atoms with Gasteiger partial charge in [0.25, 0.3) is 5.88 Å². The second kappa shape index (κ2) is 12.4. The zero-order valence-corrected chi connectivity index (χ0v) is 24.5. The molecule has 2 amide bonds. The van der Waals surface area contributed by atoms with E-state index in [0.717, 1.165) is 50.3 Å². The lowest BCUT2D eigenvalue weighted by molar-refractivity contribution is -0.137. The maximum Gasteiger partial charge on any atom is 0.428 e. The number of urea groups is 1. The molecule has 1 aromatic heterocycles. The lowest BCUT2D eigenvalue weighted by atomic mass is 9.85. The van der Waals surface area contributed by atoms with E-state index in [1.54, 1.807) is 12.1 Å². The molecule has 222 valence electrons. The van der Waals surface area contributed by atoms with Gasteiger partial charge in [-0.1, -0.05) is 37.5 Å². The molecule has 8 nitrogen and oxygen atoms in total. The maximum absolute atomic E-state index is 13.7. The molecule has 3 aromatic rings. The third-order valence-corrected chi connectivity index (χ3v) is 9.08. The highest BCUT2D eigenvalue weighted by molar-refractivity contribution is 14.1. The number of alkyl halides is 6. The van der Waals surface area contributed by atoms with Crippen molar-refractivity contribution in [2.45, 2.75) is 47.5 Å². The summed E-state index contributed by atoms with van der Waals surface area (Å²) >= 11 is 0.420. The number of aromatic nitrogens is 1. The van der Waals surface area contributed by atoms with E-state index in [-0.39, 0.29) is 28.4 Å². The summed E-state index contributed by atoms with van der Waals surface area (Å²) in [7, 11) is -5.46. The number of hydrogen-bond acceptors (Lipinski definition) is 6. The van der Waals surface area contributed by atoms with E-state index < -0.39 is 37.0 Å². The number of hydrogen-bond donors (Lipinski definition) is 2. The highest BCUT2D eigenvalue weighted by atomic mass is 127. The van der Waals surface area contributed by atoms with E-state index in [9.17, 15) is 40.4 Å². The highest BCUT2D eigenvalue weighted by Crippen LogP contribution is 2.40. The van der Waals surface area contributed by atoms with Gasteiger partial charge in [0.1, 0.15) is 11.6 Å². The number of nitrogens with zero attached hydrogens (tertiary/aromatic N) is 2. The van der Waals surface area contributed by atoms with Crippen LogP contribution in [0, 0.1) is 11.3 Å². The zero-order valence-electron chi connectivity index (χ0n) is 21.5. The fourth-order valence-corrected chi connectivity index (χ4v) is 5.19. The molecule has 1 aliphatic carbocycles. The summed E-state index contributed by atoms with van der Waals surface area (Å²) < 4.78 is 91.0. The molecule has 4 rings (SSSR count). The van der Waals surface area contributed by atoms with Crippen LogP contribution in [0.5, 0.6) is 5.88 Å². The molecule has 2 N–H and O–H groups in total. The van der Waals surface area contributed by atoms with Crippen LogP contribution >= 0.6 is 22.6 Å². The van der Waals surface area contributed by atoms with E-state index in [1.807, 2.05) is 0 Å². The van der Waals surface area contributed by atoms with Crippen LogP contribution in [0.15, 0.2) is 54.6 Å². The van der Waals surface area contributed by atoms with Gasteiger partial charge >= 0.3 is 25.6 Å².